The van der Waals surface area contributed by atoms with Gasteiger partial charge in [0.1, 0.15) is 5.75 Å². The molecule has 2 aromatic carbocycles. The number of amides is 2. The largest absolute Gasteiger partial charge is 0.496 e. The molecular formula is C26H33ClN4O6. The fraction of sp³-hybridized carbons (Fsp3) is 0.423. The Morgan fingerprint density at radius 2 is 1.89 bits per heavy atom. The van der Waals surface area contributed by atoms with Gasteiger partial charge in [0.05, 0.1) is 55.1 Å². The van der Waals surface area contributed by atoms with Crippen LogP contribution in [0.25, 0.3) is 0 Å². The number of ether oxygens (including phenoxy) is 3. The van der Waals surface area contributed by atoms with E-state index < -0.39 is 0 Å². The van der Waals surface area contributed by atoms with Gasteiger partial charge in [0.2, 0.25) is 5.91 Å². The molecule has 1 aliphatic heterocycles. The Labute approximate surface area is 221 Å². The summed E-state index contributed by atoms with van der Waals surface area (Å²) < 4.78 is 15.9. The van der Waals surface area contributed by atoms with E-state index in [1.165, 1.54) is 19.2 Å². The van der Waals surface area contributed by atoms with Gasteiger partial charge in [0.15, 0.2) is 0 Å². The number of methoxy groups -OCH3 is 2. The summed E-state index contributed by atoms with van der Waals surface area (Å²) in [4.78, 5) is 39.2. The second-order valence-corrected chi connectivity index (χ2v) is 9.09. The van der Waals surface area contributed by atoms with Crippen molar-refractivity contribution in [3.8, 4) is 5.75 Å². The SMILES string of the molecule is CCOC(=O)Cc1ccc(NC(=O)CN2CC[C@@H](NC(=O)c3cc(Cl)c(N)cc3OC)[C@@H](OC)C2)cc1. The third-order valence-electron chi connectivity index (χ3n) is 6.08. The lowest BCUT2D eigenvalue weighted by atomic mass is 10.0. The molecule has 1 fully saturated rings. The number of benzene rings is 2. The van der Waals surface area contributed by atoms with E-state index in [-0.39, 0.29) is 53.5 Å². The Morgan fingerprint density at radius 1 is 1.16 bits per heavy atom. The summed E-state index contributed by atoms with van der Waals surface area (Å²) in [6, 6.07) is 9.81. The normalized spacial score (nSPS) is 17.6. The minimum absolute atomic E-state index is 0.170. The van der Waals surface area contributed by atoms with E-state index in [2.05, 4.69) is 10.6 Å². The molecule has 1 saturated heterocycles. The maximum atomic E-state index is 12.9. The average molecular weight is 533 g/mol. The molecule has 10 nitrogen and oxygen atoms in total. The number of hydrogen-bond acceptors (Lipinski definition) is 8. The molecule has 3 rings (SSSR count). The quantitative estimate of drug-likeness (QED) is 0.314. The first kappa shape index (κ1) is 28.2. The Kier molecular flexibility index (Phi) is 10.1. The summed E-state index contributed by atoms with van der Waals surface area (Å²) in [7, 11) is 3.03. The van der Waals surface area contributed by atoms with Crippen molar-refractivity contribution < 1.29 is 28.6 Å². The molecular weight excluding hydrogens is 500 g/mol. The van der Waals surface area contributed by atoms with Gasteiger partial charge < -0.3 is 30.6 Å². The number of nitrogens with zero attached hydrogens (tertiary/aromatic N) is 1. The van der Waals surface area contributed by atoms with Gasteiger partial charge in [-0.15, -0.1) is 0 Å². The standard InChI is InChI=1S/C26H33ClN4O6/c1-4-37-25(33)11-16-5-7-17(8-6-16)29-24(32)15-31-10-9-21(23(14-31)36-3)30-26(34)18-12-19(27)20(28)13-22(18)35-2/h5-8,12-13,21,23H,4,9-11,14-15,28H2,1-3H3,(H,29,32)(H,30,34)/t21-,23+/m1/s1. The molecule has 2 atom stereocenters. The van der Waals surface area contributed by atoms with Crippen LogP contribution in [0.15, 0.2) is 36.4 Å². The van der Waals surface area contributed by atoms with Crippen LogP contribution >= 0.6 is 11.6 Å². The number of nitrogens with one attached hydrogen (secondary N) is 2. The fourth-order valence-electron chi connectivity index (χ4n) is 4.18. The first-order valence-corrected chi connectivity index (χ1v) is 12.3. The molecule has 0 saturated carbocycles. The zero-order chi connectivity index (χ0) is 26.9. The maximum absolute atomic E-state index is 12.9. The number of carbonyl (C=O) groups excluding carboxylic acids is 3. The van der Waals surface area contributed by atoms with Crippen molar-refractivity contribution >= 4 is 40.8 Å². The number of esters is 1. The van der Waals surface area contributed by atoms with Gasteiger partial charge in [0, 0.05) is 32.0 Å². The molecule has 1 heterocycles. The van der Waals surface area contributed by atoms with Crippen molar-refractivity contribution in [1.29, 1.82) is 0 Å². The summed E-state index contributed by atoms with van der Waals surface area (Å²) in [6.45, 7) is 3.34. The predicted octanol–water partition coefficient (Wildman–Crippen LogP) is 2.49. The number of anilines is 2. The minimum atomic E-state index is -0.344. The summed E-state index contributed by atoms with van der Waals surface area (Å²) in [5.41, 5.74) is 7.86. The number of rotatable bonds is 10. The lowest BCUT2D eigenvalue weighted by Gasteiger charge is -2.37. The van der Waals surface area contributed by atoms with Gasteiger partial charge in [-0.2, -0.15) is 0 Å². The fourth-order valence-corrected chi connectivity index (χ4v) is 4.34. The lowest BCUT2D eigenvalue weighted by Crippen LogP contribution is -2.55. The molecule has 0 unspecified atom stereocenters. The molecule has 0 aliphatic carbocycles. The Balaban J connectivity index is 1.53. The molecule has 0 aromatic heterocycles. The third kappa shape index (κ3) is 7.82. The molecule has 0 spiro atoms. The van der Waals surface area contributed by atoms with Crippen molar-refractivity contribution in [2.75, 3.05) is 51.5 Å². The van der Waals surface area contributed by atoms with Crippen molar-refractivity contribution in [1.82, 2.24) is 10.2 Å². The molecule has 11 heteroatoms. The molecule has 200 valence electrons. The highest BCUT2D eigenvalue weighted by Gasteiger charge is 2.32. The number of hydrogen-bond donors (Lipinski definition) is 3. The highest BCUT2D eigenvalue weighted by atomic mass is 35.5. The van der Waals surface area contributed by atoms with Crippen LogP contribution in [-0.4, -0.2) is 75.3 Å². The number of halogens is 1. The Hall–Kier alpha value is -3.34. The van der Waals surface area contributed by atoms with Crippen LogP contribution in [0.2, 0.25) is 5.02 Å². The maximum Gasteiger partial charge on any atom is 0.310 e. The van der Waals surface area contributed by atoms with Crippen LogP contribution in [0, 0.1) is 0 Å². The lowest BCUT2D eigenvalue weighted by molar-refractivity contribution is -0.142. The summed E-state index contributed by atoms with van der Waals surface area (Å²) in [5, 5.41) is 6.13. The van der Waals surface area contributed by atoms with Crippen molar-refractivity contribution in [3.63, 3.8) is 0 Å². The zero-order valence-electron chi connectivity index (χ0n) is 21.2. The summed E-state index contributed by atoms with van der Waals surface area (Å²) >= 11 is 6.10. The first-order valence-electron chi connectivity index (χ1n) is 12.0. The zero-order valence-corrected chi connectivity index (χ0v) is 22.0. The number of likely N-dealkylation sites (tertiary alicyclic amines) is 1. The van der Waals surface area contributed by atoms with Crippen LogP contribution in [0.4, 0.5) is 11.4 Å². The summed E-state index contributed by atoms with van der Waals surface area (Å²) in [5.74, 6) is -0.473. The highest BCUT2D eigenvalue weighted by molar-refractivity contribution is 6.33. The smallest absolute Gasteiger partial charge is 0.310 e. The van der Waals surface area contributed by atoms with Gasteiger partial charge in [-0.05, 0) is 37.1 Å². The number of piperidine rings is 1. The summed E-state index contributed by atoms with van der Waals surface area (Å²) in [6.07, 6.45) is 0.456. The second kappa shape index (κ2) is 13.3. The van der Waals surface area contributed by atoms with Crippen molar-refractivity contribution in [2.24, 2.45) is 0 Å². The first-order chi connectivity index (χ1) is 17.7. The van der Waals surface area contributed by atoms with Crippen LogP contribution in [0.1, 0.15) is 29.3 Å². The highest BCUT2D eigenvalue weighted by Crippen LogP contribution is 2.29. The number of carbonyl (C=O) groups is 3. The average Bonchev–Trinajstić information content (AvgIpc) is 2.87. The predicted molar refractivity (Wildman–Crippen MR) is 141 cm³/mol. The van der Waals surface area contributed by atoms with Crippen molar-refractivity contribution in [2.45, 2.75) is 31.9 Å². The van der Waals surface area contributed by atoms with E-state index >= 15 is 0 Å². The number of nitrogens with two attached hydrogens (primary N) is 1. The second-order valence-electron chi connectivity index (χ2n) is 8.68. The van der Waals surface area contributed by atoms with Gasteiger partial charge in [-0.25, -0.2) is 0 Å². The molecule has 0 radical (unpaired) electrons. The van der Waals surface area contributed by atoms with Gasteiger partial charge in [0.25, 0.3) is 5.91 Å². The molecule has 0 bridgehead atoms. The molecule has 1 aliphatic rings. The van der Waals surface area contributed by atoms with Crippen molar-refractivity contribution in [3.05, 3.63) is 52.5 Å². The van der Waals surface area contributed by atoms with Crippen LogP contribution in [0.5, 0.6) is 5.75 Å². The Bertz CT molecular complexity index is 1110. The van der Waals surface area contributed by atoms with Gasteiger partial charge in [-0.1, -0.05) is 23.7 Å². The van der Waals surface area contributed by atoms with E-state index in [9.17, 15) is 14.4 Å². The van der Waals surface area contributed by atoms with E-state index in [1.54, 1.807) is 38.3 Å². The number of nitrogen functional groups attached to an aromatic ring is 1. The van der Waals surface area contributed by atoms with E-state index in [0.29, 0.717) is 43.2 Å². The molecule has 2 amide bonds. The van der Waals surface area contributed by atoms with E-state index in [1.807, 2.05) is 4.90 Å². The third-order valence-corrected chi connectivity index (χ3v) is 6.41. The molecule has 37 heavy (non-hydrogen) atoms. The Morgan fingerprint density at radius 3 is 2.54 bits per heavy atom. The molecule has 2 aromatic rings. The van der Waals surface area contributed by atoms with E-state index in [4.69, 9.17) is 31.5 Å². The minimum Gasteiger partial charge on any atom is -0.496 e. The van der Waals surface area contributed by atoms with Gasteiger partial charge in [-0.3, -0.25) is 19.3 Å². The monoisotopic (exact) mass is 532 g/mol. The van der Waals surface area contributed by atoms with E-state index in [0.717, 1.165) is 5.56 Å². The van der Waals surface area contributed by atoms with Crippen LogP contribution in [0.3, 0.4) is 0 Å². The topological polar surface area (TPSA) is 132 Å². The van der Waals surface area contributed by atoms with Gasteiger partial charge >= 0.3 is 5.97 Å². The van der Waals surface area contributed by atoms with Crippen LogP contribution in [-0.2, 0) is 25.5 Å². The molecule has 4 N–H and O–H groups in total. The van der Waals surface area contributed by atoms with Crippen LogP contribution < -0.4 is 21.1 Å².